The summed E-state index contributed by atoms with van der Waals surface area (Å²) in [5.74, 6) is -2.13. The van der Waals surface area contributed by atoms with E-state index in [4.69, 9.17) is 21.1 Å². The Balaban J connectivity index is 1.64. The number of esters is 1. The van der Waals surface area contributed by atoms with Gasteiger partial charge >= 0.3 is 5.97 Å². The standard InChI is InChI=1S/C25H23ClFN3O6S/c1-3-36-25(32)18-7-6-17(14-19(18)27)29-24(31)15-4-8-20-21(12-15)30(11-10-28-20)37(33,34)23-13-16(26)5-9-22(23)35-2/h4-9,12-14,28H,3,10-11H2,1-2H3,(H,29,31). The second-order valence-corrected chi connectivity index (χ2v) is 10.2. The smallest absolute Gasteiger partial charge is 0.341 e. The molecule has 0 bridgehead atoms. The molecule has 37 heavy (non-hydrogen) atoms. The Morgan fingerprint density at radius 1 is 1.14 bits per heavy atom. The Bertz CT molecular complexity index is 1480. The molecule has 0 saturated heterocycles. The van der Waals surface area contributed by atoms with E-state index in [1.807, 2.05) is 0 Å². The molecule has 0 saturated carbocycles. The first kappa shape index (κ1) is 26.2. The first-order valence-electron chi connectivity index (χ1n) is 11.2. The molecule has 1 amide bonds. The summed E-state index contributed by atoms with van der Waals surface area (Å²) in [5, 5.41) is 5.90. The van der Waals surface area contributed by atoms with E-state index >= 15 is 0 Å². The van der Waals surface area contributed by atoms with E-state index in [1.165, 1.54) is 53.9 Å². The molecule has 0 aromatic heterocycles. The highest BCUT2D eigenvalue weighted by Crippen LogP contribution is 2.37. The summed E-state index contributed by atoms with van der Waals surface area (Å²) in [5.41, 5.74) is 0.758. The van der Waals surface area contributed by atoms with Gasteiger partial charge in [-0.1, -0.05) is 11.6 Å². The van der Waals surface area contributed by atoms with Gasteiger partial charge in [-0.25, -0.2) is 17.6 Å². The van der Waals surface area contributed by atoms with Crippen LogP contribution in [0.3, 0.4) is 0 Å². The zero-order chi connectivity index (χ0) is 26.7. The van der Waals surface area contributed by atoms with Gasteiger partial charge in [-0.2, -0.15) is 0 Å². The zero-order valence-electron chi connectivity index (χ0n) is 19.9. The molecule has 1 heterocycles. The molecule has 0 fully saturated rings. The molecule has 0 spiro atoms. The summed E-state index contributed by atoms with van der Waals surface area (Å²) in [4.78, 5) is 24.6. The number of nitrogens with one attached hydrogen (secondary N) is 2. The SMILES string of the molecule is CCOC(=O)c1ccc(NC(=O)c2ccc3c(c2)N(S(=O)(=O)c2cc(Cl)ccc2OC)CCN3)cc1F. The van der Waals surface area contributed by atoms with E-state index in [-0.39, 0.29) is 51.3 Å². The van der Waals surface area contributed by atoms with Crippen LogP contribution in [0.2, 0.25) is 5.02 Å². The lowest BCUT2D eigenvalue weighted by Gasteiger charge is -2.32. The normalized spacial score (nSPS) is 12.8. The molecule has 0 atom stereocenters. The highest BCUT2D eigenvalue weighted by molar-refractivity contribution is 7.93. The van der Waals surface area contributed by atoms with Crippen molar-refractivity contribution in [3.63, 3.8) is 0 Å². The summed E-state index contributed by atoms with van der Waals surface area (Å²) in [7, 11) is -2.75. The number of sulfonamides is 1. The van der Waals surface area contributed by atoms with Crippen LogP contribution in [0.5, 0.6) is 5.75 Å². The minimum atomic E-state index is -4.11. The van der Waals surface area contributed by atoms with E-state index in [0.717, 1.165) is 6.07 Å². The molecule has 0 radical (unpaired) electrons. The van der Waals surface area contributed by atoms with Gasteiger partial charge in [-0.05, 0) is 61.5 Å². The predicted molar refractivity (Wildman–Crippen MR) is 138 cm³/mol. The fraction of sp³-hybridized carbons (Fsp3) is 0.200. The number of halogens is 2. The molecular formula is C25H23ClFN3O6S. The highest BCUT2D eigenvalue weighted by atomic mass is 35.5. The Morgan fingerprint density at radius 3 is 2.62 bits per heavy atom. The van der Waals surface area contributed by atoms with E-state index in [0.29, 0.717) is 12.2 Å². The molecule has 12 heteroatoms. The van der Waals surface area contributed by atoms with Gasteiger partial charge in [-0.3, -0.25) is 9.10 Å². The third kappa shape index (κ3) is 5.32. The molecule has 1 aliphatic rings. The van der Waals surface area contributed by atoms with Gasteiger partial charge in [0.15, 0.2) is 0 Å². The maximum absolute atomic E-state index is 14.4. The van der Waals surface area contributed by atoms with Crippen LogP contribution in [0, 0.1) is 5.82 Å². The van der Waals surface area contributed by atoms with Crippen molar-refractivity contribution in [2.24, 2.45) is 0 Å². The molecule has 2 N–H and O–H groups in total. The Kier molecular flexibility index (Phi) is 7.55. The number of nitrogens with zero attached hydrogens (tertiary/aromatic N) is 1. The number of amides is 1. The van der Waals surface area contributed by atoms with Crippen LogP contribution in [0.15, 0.2) is 59.5 Å². The van der Waals surface area contributed by atoms with Crippen LogP contribution in [0.25, 0.3) is 0 Å². The molecule has 194 valence electrons. The van der Waals surface area contributed by atoms with Crippen LogP contribution in [0.1, 0.15) is 27.6 Å². The monoisotopic (exact) mass is 547 g/mol. The largest absolute Gasteiger partial charge is 0.495 e. The molecule has 3 aromatic rings. The number of fused-ring (bicyclic) bond motifs is 1. The number of ether oxygens (including phenoxy) is 2. The summed E-state index contributed by atoms with van der Waals surface area (Å²) >= 11 is 6.06. The zero-order valence-corrected chi connectivity index (χ0v) is 21.5. The van der Waals surface area contributed by atoms with Crippen molar-refractivity contribution in [1.82, 2.24) is 0 Å². The lowest BCUT2D eigenvalue weighted by atomic mass is 10.1. The number of carbonyl (C=O) groups excluding carboxylic acids is 2. The molecule has 4 rings (SSSR count). The van der Waals surface area contributed by atoms with Crippen LogP contribution < -0.4 is 19.7 Å². The van der Waals surface area contributed by atoms with Crippen molar-refractivity contribution < 1.29 is 31.9 Å². The van der Waals surface area contributed by atoms with Crippen molar-refractivity contribution >= 4 is 50.6 Å². The molecule has 0 aliphatic carbocycles. The fourth-order valence-electron chi connectivity index (χ4n) is 3.83. The van der Waals surface area contributed by atoms with Crippen LogP contribution in [0.4, 0.5) is 21.5 Å². The van der Waals surface area contributed by atoms with Crippen LogP contribution in [-0.2, 0) is 14.8 Å². The number of benzene rings is 3. The molecule has 3 aromatic carbocycles. The summed E-state index contributed by atoms with van der Waals surface area (Å²) in [6, 6.07) is 12.4. The minimum Gasteiger partial charge on any atom is -0.495 e. The molecule has 9 nitrogen and oxygen atoms in total. The van der Waals surface area contributed by atoms with Gasteiger partial charge in [0.2, 0.25) is 0 Å². The molecular weight excluding hydrogens is 525 g/mol. The van der Waals surface area contributed by atoms with Crippen molar-refractivity contribution in [1.29, 1.82) is 0 Å². The van der Waals surface area contributed by atoms with Gasteiger partial charge in [0, 0.05) is 22.8 Å². The predicted octanol–water partition coefficient (Wildman–Crippen LogP) is 4.54. The number of methoxy groups -OCH3 is 1. The van der Waals surface area contributed by atoms with Gasteiger partial charge < -0.3 is 20.1 Å². The number of hydrogen-bond donors (Lipinski definition) is 2. The first-order chi connectivity index (χ1) is 17.6. The van der Waals surface area contributed by atoms with Gasteiger partial charge in [0.05, 0.1) is 37.2 Å². The van der Waals surface area contributed by atoms with E-state index in [1.54, 1.807) is 13.0 Å². The summed E-state index contributed by atoms with van der Waals surface area (Å²) in [6.45, 7) is 2.14. The lowest BCUT2D eigenvalue weighted by molar-refractivity contribution is 0.0521. The number of anilines is 3. The summed E-state index contributed by atoms with van der Waals surface area (Å²) in [6.07, 6.45) is 0. The van der Waals surface area contributed by atoms with Gasteiger partial charge in [0.25, 0.3) is 15.9 Å². The van der Waals surface area contributed by atoms with Crippen molar-refractivity contribution in [3.8, 4) is 5.75 Å². The topological polar surface area (TPSA) is 114 Å². The number of hydrogen-bond acceptors (Lipinski definition) is 7. The molecule has 1 aliphatic heterocycles. The van der Waals surface area contributed by atoms with Crippen molar-refractivity contribution in [2.75, 3.05) is 41.7 Å². The Morgan fingerprint density at radius 2 is 1.92 bits per heavy atom. The van der Waals surface area contributed by atoms with Gasteiger partial charge in [-0.15, -0.1) is 0 Å². The number of rotatable bonds is 7. The van der Waals surface area contributed by atoms with Crippen molar-refractivity contribution in [3.05, 3.63) is 76.6 Å². The Hall–Kier alpha value is -3.83. The quantitative estimate of drug-likeness (QED) is 0.417. The van der Waals surface area contributed by atoms with Crippen LogP contribution in [-0.4, -0.2) is 47.1 Å². The Labute approximate surface area is 218 Å². The van der Waals surface area contributed by atoms with Crippen molar-refractivity contribution in [2.45, 2.75) is 11.8 Å². The maximum atomic E-state index is 14.4. The molecule has 0 unspecified atom stereocenters. The minimum absolute atomic E-state index is 0.0939. The maximum Gasteiger partial charge on any atom is 0.341 e. The first-order valence-corrected chi connectivity index (χ1v) is 13.0. The fourth-order valence-corrected chi connectivity index (χ4v) is 5.73. The summed E-state index contributed by atoms with van der Waals surface area (Å²) < 4.78 is 52.8. The third-order valence-corrected chi connectivity index (χ3v) is 7.64. The van der Waals surface area contributed by atoms with Crippen LogP contribution >= 0.6 is 11.6 Å². The van der Waals surface area contributed by atoms with E-state index < -0.39 is 27.7 Å². The second-order valence-electron chi connectivity index (χ2n) is 7.90. The second kappa shape index (κ2) is 10.7. The number of carbonyl (C=O) groups is 2. The van der Waals surface area contributed by atoms with E-state index in [2.05, 4.69) is 10.6 Å². The van der Waals surface area contributed by atoms with E-state index in [9.17, 15) is 22.4 Å². The third-order valence-electron chi connectivity index (χ3n) is 5.57. The average molecular weight is 548 g/mol. The average Bonchev–Trinajstić information content (AvgIpc) is 2.88. The lowest BCUT2D eigenvalue weighted by Crippen LogP contribution is -2.39. The van der Waals surface area contributed by atoms with Gasteiger partial charge in [0.1, 0.15) is 16.5 Å². The highest BCUT2D eigenvalue weighted by Gasteiger charge is 2.32.